The van der Waals surface area contributed by atoms with Gasteiger partial charge in [-0.25, -0.2) is 9.97 Å². The molecule has 0 spiro atoms. The van der Waals surface area contributed by atoms with Crippen LogP contribution in [0.3, 0.4) is 0 Å². The number of ether oxygens (including phenoxy) is 1. The molecule has 2 rings (SSSR count). The summed E-state index contributed by atoms with van der Waals surface area (Å²) >= 11 is 0. The van der Waals surface area contributed by atoms with Gasteiger partial charge in [0.25, 0.3) is 5.91 Å². The van der Waals surface area contributed by atoms with Gasteiger partial charge in [0, 0.05) is 6.61 Å². The van der Waals surface area contributed by atoms with Gasteiger partial charge >= 0.3 is 0 Å². The van der Waals surface area contributed by atoms with Crippen LogP contribution < -0.4 is 11.1 Å². The number of nitrogen functional groups attached to an aromatic ring is 1. The molecule has 1 amide bonds. The lowest BCUT2D eigenvalue weighted by Crippen LogP contribution is -2.41. The lowest BCUT2D eigenvalue weighted by molar-refractivity contribution is 0.0709. The molecule has 6 nitrogen and oxygen atoms in total. The summed E-state index contributed by atoms with van der Waals surface area (Å²) in [6, 6.07) is -0.0237. The van der Waals surface area contributed by atoms with Crippen molar-refractivity contribution in [1.29, 1.82) is 0 Å². The second-order valence-electron chi connectivity index (χ2n) is 4.14. The standard InChI is InChI=1S/C11H16N4O2/c1-7(9-3-2-4-17-9)15-11(16)8-5-14-10(12)6-13-8/h5-7,9H,2-4H2,1H3,(H2,12,14)(H,15,16). The zero-order chi connectivity index (χ0) is 12.3. The van der Waals surface area contributed by atoms with E-state index >= 15 is 0 Å². The Hall–Kier alpha value is -1.69. The highest BCUT2D eigenvalue weighted by Gasteiger charge is 2.24. The maximum Gasteiger partial charge on any atom is 0.271 e. The molecule has 1 aliphatic heterocycles. The third-order valence-electron chi connectivity index (χ3n) is 2.79. The summed E-state index contributed by atoms with van der Waals surface area (Å²) in [4.78, 5) is 19.6. The van der Waals surface area contributed by atoms with E-state index in [2.05, 4.69) is 15.3 Å². The average molecular weight is 236 g/mol. The molecule has 2 atom stereocenters. The molecule has 0 bridgehead atoms. The fourth-order valence-electron chi connectivity index (χ4n) is 1.83. The number of nitrogens with zero attached hydrogens (tertiary/aromatic N) is 2. The number of rotatable bonds is 3. The Morgan fingerprint density at radius 1 is 1.59 bits per heavy atom. The van der Waals surface area contributed by atoms with Gasteiger partial charge < -0.3 is 15.8 Å². The van der Waals surface area contributed by atoms with E-state index in [0.717, 1.165) is 19.4 Å². The van der Waals surface area contributed by atoms with E-state index in [9.17, 15) is 4.79 Å². The molecule has 6 heteroatoms. The number of nitrogens with one attached hydrogen (secondary N) is 1. The summed E-state index contributed by atoms with van der Waals surface area (Å²) in [5.74, 6) is 0.0502. The Morgan fingerprint density at radius 2 is 2.41 bits per heavy atom. The minimum Gasteiger partial charge on any atom is -0.382 e. The van der Waals surface area contributed by atoms with E-state index in [1.807, 2.05) is 6.92 Å². The summed E-state index contributed by atoms with van der Waals surface area (Å²) in [6.07, 6.45) is 4.86. The van der Waals surface area contributed by atoms with Crippen molar-refractivity contribution in [2.45, 2.75) is 31.9 Å². The third kappa shape index (κ3) is 2.91. The number of carbonyl (C=O) groups excluding carboxylic acids is 1. The second-order valence-corrected chi connectivity index (χ2v) is 4.14. The molecular formula is C11H16N4O2. The Morgan fingerprint density at radius 3 is 3.00 bits per heavy atom. The SMILES string of the molecule is CC(NC(=O)c1cnc(N)cn1)C1CCCO1. The molecule has 1 aromatic heterocycles. The van der Waals surface area contributed by atoms with Gasteiger partial charge in [-0.15, -0.1) is 0 Å². The molecule has 17 heavy (non-hydrogen) atoms. The summed E-state index contributed by atoms with van der Waals surface area (Å²) < 4.78 is 5.50. The summed E-state index contributed by atoms with van der Waals surface area (Å²) in [5, 5.41) is 2.85. The predicted octanol–water partition coefficient (Wildman–Crippen LogP) is 0.356. The number of amides is 1. The summed E-state index contributed by atoms with van der Waals surface area (Å²) in [5.41, 5.74) is 5.67. The Bertz CT molecular complexity index is 387. The first-order valence-corrected chi connectivity index (χ1v) is 5.67. The normalized spacial score (nSPS) is 21.1. The molecule has 0 aromatic carbocycles. The van der Waals surface area contributed by atoms with Crippen LogP contribution in [0.4, 0.5) is 5.82 Å². The quantitative estimate of drug-likeness (QED) is 0.790. The van der Waals surface area contributed by atoms with Gasteiger partial charge in [0.15, 0.2) is 0 Å². The van der Waals surface area contributed by atoms with E-state index in [0.29, 0.717) is 5.82 Å². The first-order valence-electron chi connectivity index (χ1n) is 5.67. The Labute approximate surface area is 99.6 Å². The lowest BCUT2D eigenvalue weighted by Gasteiger charge is -2.19. The molecule has 1 fully saturated rings. The van der Waals surface area contributed by atoms with Crippen LogP contribution >= 0.6 is 0 Å². The number of aromatic nitrogens is 2. The van der Waals surface area contributed by atoms with Gasteiger partial charge in [-0.1, -0.05) is 0 Å². The Kier molecular flexibility index (Phi) is 3.53. The molecule has 2 heterocycles. The van der Waals surface area contributed by atoms with Crippen molar-refractivity contribution in [3.63, 3.8) is 0 Å². The summed E-state index contributed by atoms with van der Waals surface area (Å²) in [7, 11) is 0. The zero-order valence-electron chi connectivity index (χ0n) is 9.72. The van der Waals surface area contributed by atoms with Crippen molar-refractivity contribution in [2.75, 3.05) is 12.3 Å². The van der Waals surface area contributed by atoms with Crippen LogP contribution in [0, 0.1) is 0 Å². The highest BCUT2D eigenvalue weighted by molar-refractivity contribution is 5.92. The van der Waals surface area contributed by atoms with Crippen LogP contribution in [-0.4, -0.2) is 34.6 Å². The largest absolute Gasteiger partial charge is 0.382 e. The number of anilines is 1. The van der Waals surface area contributed by atoms with Crippen molar-refractivity contribution in [3.8, 4) is 0 Å². The first-order chi connectivity index (χ1) is 8.16. The van der Waals surface area contributed by atoms with Gasteiger partial charge in [0.2, 0.25) is 0 Å². The molecule has 1 saturated heterocycles. The van der Waals surface area contributed by atoms with E-state index in [-0.39, 0.29) is 23.7 Å². The highest BCUT2D eigenvalue weighted by Crippen LogP contribution is 2.15. The number of carbonyl (C=O) groups is 1. The van der Waals surface area contributed by atoms with Crippen LogP contribution in [0.25, 0.3) is 0 Å². The minimum atomic E-state index is -0.250. The van der Waals surface area contributed by atoms with Crippen LogP contribution in [-0.2, 0) is 4.74 Å². The van der Waals surface area contributed by atoms with Crippen LogP contribution in [0.2, 0.25) is 0 Å². The monoisotopic (exact) mass is 236 g/mol. The van der Waals surface area contributed by atoms with Crippen molar-refractivity contribution >= 4 is 11.7 Å². The van der Waals surface area contributed by atoms with Gasteiger partial charge in [0.05, 0.1) is 24.5 Å². The number of nitrogens with two attached hydrogens (primary N) is 1. The molecule has 1 aromatic rings. The molecule has 92 valence electrons. The van der Waals surface area contributed by atoms with E-state index < -0.39 is 0 Å². The summed E-state index contributed by atoms with van der Waals surface area (Å²) in [6.45, 7) is 2.70. The van der Waals surface area contributed by atoms with Crippen LogP contribution in [0.1, 0.15) is 30.3 Å². The van der Waals surface area contributed by atoms with Crippen molar-refractivity contribution in [1.82, 2.24) is 15.3 Å². The van der Waals surface area contributed by atoms with Gasteiger partial charge in [0.1, 0.15) is 11.5 Å². The number of hydrogen-bond donors (Lipinski definition) is 2. The molecule has 2 unspecified atom stereocenters. The van der Waals surface area contributed by atoms with Gasteiger partial charge in [-0.3, -0.25) is 4.79 Å². The van der Waals surface area contributed by atoms with E-state index in [1.54, 1.807) is 0 Å². The van der Waals surface area contributed by atoms with E-state index in [1.165, 1.54) is 12.4 Å². The number of hydrogen-bond acceptors (Lipinski definition) is 5. The molecular weight excluding hydrogens is 220 g/mol. The minimum absolute atomic E-state index is 0.0237. The highest BCUT2D eigenvalue weighted by atomic mass is 16.5. The zero-order valence-corrected chi connectivity index (χ0v) is 9.72. The molecule has 3 N–H and O–H groups in total. The van der Waals surface area contributed by atoms with Gasteiger partial charge in [-0.05, 0) is 19.8 Å². The van der Waals surface area contributed by atoms with Crippen molar-refractivity contribution in [3.05, 3.63) is 18.1 Å². The molecule has 0 saturated carbocycles. The Balaban J connectivity index is 1.94. The fraction of sp³-hybridized carbons (Fsp3) is 0.545. The molecule has 0 radical (unpaired) electrons. The molecule has 0 aliphatic carbocycles. The fourth-order valence-corrected chi connectivity index (χ4v) is 1.83. The molecule has 1 aliphatic rings. The third-order valence-corrected chi connectivity index (χ3v) is 2.79. The van der Waals surface area contributed by atoms with Crippen LogP contribution in [0.5, 0.6) is 0 Å². The smallest absolute Gasteiger partial charge is 0.271 e. The lowest BCUT2D eigenvalue weighted by atomic mass is 10.1. The van der Waals surface area contributed by atoms with E-state index in [4.69, 9.17) is 10.5 Å². The maximum atomic E-state index is 11.8. The van der Waals surface area contributed by atoms with Crippen molar-refractivity contribution in [2.24, 2.45) is 0 Å². The average Bonchev–Trinajstić information content (AvgIpc) is 2.83. The van der Waals surface area contributed by atoms with Crippen molar-refractivity contribution < 1.29 is 9.53 Å². The van der Waals surface area contributed by atoms with Crippen LogP contribution in [0.15, 0.2) is 12.4 Å². The first kappa shape index (κ1) is 11.8. The van der Waals surface area contributed by atoms with Gasteiger partial charge in [-0.2, -0.15) is 0 Å². The predicted molar refractivity (Wildman–Crippen MR) is 62.3 cm³/mol. The topological polar surface area (TPSA) is 90.1 Å². The maximum absolute atomic E-state index is 11.8. The second kappa shape index (κ2) is 5.09.